The van der Waals surface area contributed by atoms with Gasteiger partial charge in [0.05, 0.1) is 79.5 Å². The molecule has 0 heterocycles. The monoisotopic (exact) mass is 1670 g/mol. The van der Waals surface area contributed by atoms with Crippen LogP contribution >= 0.6 is 73.0 Å². The molecule has 0 unspecified atom stereocenters. The zero-order chi connectivity index (χ0) is 78.0. The van der Waals surface area contributed by atoms with E-state index in [1.165, 1.54) is 83.0 Å². The van der Waals surface area contributed by atoms with Crippen LogP contribution in [-0.4, -0.2) is 114 Å². The van der Waals surface area contributed by atoms with Crippen molar-refractivity contribution in [1.29, 1.82) is 0 Å². The van der Waals surface area contributed by atoms with Gasteiger partial charge < -0.3 is 45.3 Å². The van der Waals surface area contributed by atoms with Crippen LogP contribution in [0.15, 0.2) is 245 Å². The van der Waals surface area contributed by atoms with Crippen LogP contribution in [0.3, 0.4) is 0 Å². The summed E-state index contributed by atoms with van der Waals surface area (Å²) in [6.45, 7) is 0. The molecule has 10 aromatic rings. The quantitative estimate of drug-likeness (QED) is 0.0118. The molecular formula is C74H69BBrCl5N3NaO20S2. The molecule has 107 heavy (non-hydrogen) atoms. The second-order valence-electron chi connectivity index (χ2n) is 21.3. The number of nitro groups is 2. The van der Waals surface area contributed by atoms with Crippen LogP contribution in [-0.2, 0) is 88.4 Å². The summed E-state index contributed by atoms with van der Waals surface area (Å²) in [6.07, 6.45) is -0.0217. The first-order valence-corrected chi connectivity index (χ1v) is 36.7. The zero-order valence-corrected chi connectivity index (χ0v) is 66.9. The molecule has 10 rings (SSSR count). The van der Waals surface area contributed by atoms with Crippen molar-refractivity contribution in [2.75, 3.05) is 41.3 Å². The number of nitrogen functional groups attached to an aromatic ring is 1. The molecule has 23 nitrogen and oxygen atoms in total. The van der Waals surface area contributed by atoms with Gasteiger partial charge in [0.15, 0.2) is 9.84 Å². The van der Waals surface area contributed by atoms with Crippen molar-refractivity contribution >= 4 is 145 Å². The van der Waals surface area contributed by atoms with Crippen LogP contribution in [0.5, 0.6) is 0 Å². The Kier molecular flexibility index (Phi) is 42.4. The number of nitrogens with two attached hydrogens (primary N) is 1. The molecule has 0 saturated heterocycles. The number of aliphatic hydroxyl groups is 1. The molecule has 0 atom stereocenters. The molecule has 0 aliphatic rings. The number of carbonyl (C=O) groups excluding carboxylic acids is 4. The first-order chi connectivity index (χ1) is 49.8. The van der Waals surface area contributed by atoms with E-state index in [9.17, 15) is 56.2 Å². The molecule has 0 saturated carbocycles. The first kappa shape index (κ1) is 94.5. The van der Waals surface area contributed by atoms with Gasteiger partial charge in [-0.1, -0.05) is 226 Å². The summed E-state index contributed by atoms with van der Waals surface area (Å²) >= 11 is 26.2. The Morgan fingerprint density at radius 3 is 1.11 bits per heavy atom. The maximum atomic E-state index is 13.0. The van der Waals surface area contributed by atoms with Gasteiger partial charge in [-0.15, -0.1) is 0 Å². The molecule has 6 N–H and O–H groups in total. The number of nitrogens with zero attached hydrogens (tertiary/aromatic N) is 2. The van der Waals surface area contributed by atoms with Gasteiger partial charge in [0, 0.05) is 71.3 Å². The van der Waals surface area contributed by atoms with Gasteiger partial charge in [0.1, 0.15) is 0 Å². The summed E-state index contributed by atoms with van der Waals surface area (Å²) in [6, 6.07) is 66.2. The van der Waals surface area contributed by atoms with E-state index in [0.29, 0.717) is 37.9 Å². The average molecular weight is 1680 g/mol. The van der Waals surface area contributed by atoms with E-state index in [0.717, 1.165) is 46.1 Å². The smallest absolute Gasteiger partial charge is 0.870 e. The number of halogens is 6. The van der Waals surface area contributed by atoms with Gasteiger partial charge in [0.2, 0.25) is 0 Å². The van der Waals surface area contributed by atoms with Crippen LogP contribution < -0.4 is 40.8 Å². The number of methoxy groups -OCH3 is 4. The zero-order valence-electron chi connectivity index (χ0n) is 57.9. The van der Waals surface area contributed by atoms with Crippen molar-refractivity contribution in [1.82, 2.24) is 0 Å². The van der Waals surface area contributed by atoms with Gasteiger partial charge in [-0.25, -0.2) is 16.8 Å². The number of nitro benzene ring substituents is 2. The first-order valence-electron chi connectivity index (χ1n) is 30.4. The summed E-state index contributed by atoms with van der Waals surface area (Å²) < 4.78 is 66.6. The minimum atomic E-state index is -3.74. The fourth-order valence-electron chi connectivity index (χ4n) is 9.06. The fourth-order valence-corrected chi connectivity index (χ4v) is 13.0. The number of hydrogen-bond donors (Lipinski definition) is 4. The minimum absolute atomic E-state index is 0. The normalized spacial score (nSPS) is 10.1. The number of aliphatic hydroxyl groups excluding tert-OH is 1. The van der Waals surface area contributed by atoms with E-state index in [1.807, 2.05) is 121 Å². The van der Waals surface area contributed by atoms with Crippen LogP contribution in [0.2, 0.25) is 20.1 Å². The Labute approximate surface area is 673 Å². The van der Waals surface area contributed by atoms with E-state index in [2.05, 4.69) is 30.1 Å². The Morgan fingerprint density at radius 1 is 0.439 bits per heavy atom. The molecule has 0 radical (unpaired) electrons. The van der Waals surface area contributed by atoms with Crippen molar-refractivity contribution in [3.05, 3.63) is 303 Å². The molecule has 0 amide bonds. The van der Waals surface area contributed by atoms with Gasteiger partial charge in [-0.2, -0.15) is 0 Å². The molecule has 0 aromatic heterocycles. The van der Waals surface area contributed by atoms with Crippen LogP contribution in [0.25, 0.3) is 33.4 Å². The summed E-state index contributed by atoms with van der Waals surface area (Å²) in [7, 11) is 2.40. The summed E-state index contributed by atoms with van der Waals surface area (Å²) in [4.78, 5) is 66.0. The van der Waals surface area contributed by atoms with E-state index >= 15 is 0 Å². The average Bonchev–Trinajstić information content (AvgIpc) is 0.806. The molecule has 0 spiro atoms. The number of esters is 4. The van der Waals surface area contributed by atoms with Gasteiger partial charge in [0.25, 0.3) is 20.4 Å². The van der Waals surface area contributed by atoms with Crippen LogP contribution in [0, 0.1) is 20.2 Å². The predicted octanol–water partition coefficient (Wildman–Crippen LogP) is 11.8. The Morgan fingerprint density at radius 2 is 0.757 bits per heavy atom. The van der Waals surface area contributed by atoms with E-state index in [1.54, 1.807) is 54.6 Å². The van der Waals surface area contributed by atoms with Gasteiger partial charge in [-0.3, -0.25) is 39.4 Å². The SMILES string of the molecule is CO.COC(=O)Cc1ccc(-c2ccccc2)cc1CS(=O)(=O)c1cc(Cl)cc(Cl)c1.COC(=O)Cc1ccc(-c2ccccc2)cc1N.COC(=O)Cc1ccc(-c2ccccc2)cc1[N+](=O)[O-].COC(=O)Cc1ccc(Br)cc1[N+](=O)[O-].O=S(=O)(Cl)c1cc(Cl)cc(Cl)c1.OB(O)c1ccccc1.[Na+].[OH-]. The third-order valence-corrected chi connectivity index (χ3v) is 18.5. The Balaban J connectivity index is 0.000000447. The maximum absolute atomic E-state index is 13.0. The van der Waals surface area contributed by atoms with Gasteiger partial charge in [-0.05, 0) is 110 Å². The second-order valence-corrected chi connectivity index (χ2v) is 28.5. The summed E-state index contributed by atoms with van der Waals surface area (Å²) in [5.41, 5.74) is 15.1. The summed E-state index contributed by atoms with van der Waals surface area (Å²) in [5.74, 6) is -2.02. The van der Waals surface area contributed by atoms with E-state index < -0.39 is 53.8 Å². The molecule has 0 bridgehead atoms. The van der Waals surface area contributed by atoms with Crippen molar-refractivity contribution in [3.63, 3.8) is 0 Å². The molecule has 33 heteroatoms. The molecular weight excluding hydrogens is 1610 g/mol. The number of rotatable bonds is 18. The van der Waals surface area contributed by atoms with Crippen molar-refractivity contribution in [2.45, 2.75) is 41.2 Å². The maximum Gasteiger partial charge on any atom is 1.00 e. The molecule has 558 valence electrons. The van der Waals surface area contributed by atoms with Crippen molar-refractivity contribution < 1.29 is 115 Å². The third-order valence-electron chi connectivity index (χ3n) is 14.2. The molecule has 0 aliphatic carbocycles. The number of ether oxygens (including phenoxy) is 4. The number of carbonyl (C=O) groups is 4. The fraction of sp³-hybridized carbons (Fsp3) is 0.135. The number of hydrogen-bond acceptors (Lipinski definition) is 21. The van der Waals surface area contributed by atoms with Gasteiger partial charge >= 0.3 is 60.6 Å². The number of anilines is 1. The number of sulfone groups is 1. The molecule has 0 fully saturated rings. The standard InChI is InChI=1S/C22H18Cl2O4S.C15H13NO4.C15H15NO2.C9H8BrNO4.C6H7BO2.C6H3Cl3O2S.CH4O.Na.H2O/c1-28-22(25)10-17-8-7-16(15-5-3-2-4-6-15)9-18(17)14-29(26,27)21-12-19(23)11-20(24)13-21;1-20-15(17)10-13-8-7-12(9-14(13)16(18)19)11-5-3-2-4-6-11;1-18-15(17)10-13-8-7-12(9-14(13)16)11-5-3-2-4-6-11;1-15-9(12)4-6-2-3-7(10)5-8(6)11(13)14;8-7(9)6-4-2-1-3-5-6;7-4-1-5(8)3-6(2-4)12(9,10)11;1-2;;/h2-9,11-13H,10,14H2,1H3;2-9H,10H2,1H3;2-9H,10,16H2,1H3;2-3,5H,4H2,1H3;1-5,8-9H;1-3H;2H,1H3;;1H2/q;;;;;;;+1;/p-1. The van der Waals surface area contributed by atoms with E-state index in [4.69, 9.17) is 82.7 Å². The van der Waals surface area contributed by atoms with E-state index in [-0.39, 0.29) is 114 Å². The number of benzene rings is 10. The van der Waals surface area contributed by atoms with Crippen LogP contribution in [0.1, 0.15) is 27.8 Å². The minimum Gasteiger partial charge on any atom is -0.870 e. The van der Waals surface area contributed by atoms with Crippen molar-refractivity contribution in [2.24, 2.45) is 0 Å². The largest absolute Gasteiger partial charge is 1.00 e. The molecule has 10 aromatic carbocycles. The Bertz CT molecular complexity index is 4780. The molecule has 0 aliphatic heterocycles. The second kappa shape index (κ2) is 48.0. The topological polar surface area (TPSA) is 376 Å². The predicted molar refractivity (Wildman–Crippen MR) is 414 cm³/mol. The van der Waals surface area contributed by atoms with Crippen molar-refractivity contribution in [3.8, 4) is 33.4 Å². The third kappa shape index (κ3) is 32.8. The summed E-state index contributed by atoms with van der Waals surface area (Å²) in [5, 5.41) is 46.9. The van der Waals surface area contributed by atoms with Crippen LogP contribution in [0.4, 0.5) is 17.1 Å². The Hall–Kier alpha value is -8.59.